The van der Waals surface area contributed by atoms with Crippen molar-refractivity contribution in [2.45, 2.75) is 32.2 Å². The van der Waals surface area contributed by atoms with Gasteiger partial charge in [-0.15, -0.1) is 0 Å². The van der Waals surface area contributed by atoms with E-state index >= 15 is 0 Å². The predicted molar refractivity (Wildman–Crippen MR) is 98.1 cm³/mol. The molecule has 3 rings (SSSR count). The molecule has 26 heavy (non-hydrogen) atoms. The smallest absolute Gasteiger partial charge is 0.137 e. The Kier molecular flexibility index (Phi) is 5.37. The van der Waals surface area contributed by atoms with Crippen molar-refractivity contribution in [3.63, 3.8) is 0 Å². The molecular formula is C20H20ClF2N3. The quantitative estimate of drug-likeness (QED) is 0.603. The number of hydrogen-bond donors (Lipinski definition) is 0. The van der Waals surface area contributed by atoms with E-state index in [1.165, 1.54) is 18.5 Å². The first-order valence-electron chi connectivity index (χ1n) is 8.44. The van der Waals surface area contributed by atoms with E-state index in [4.69, 9.17) is 11.6 Å². The van der Waals surface area contributed by atoms with Gasteiger partial charge in [-0.1, -0.05) is 49.7 Å². The topological polar surface area (TPSA) is 30.7 Å². The lowest BCUT2D eigenvalue weighted by Gasteiger charge is -2.39. The first-order valence-corrected chi connectivity index (χ1v) is 8.81. The molecule has 0 aliphatic heterocycles. The van der Waals surface area contributed by atoms with E-state index in [2.05, 4.69) is 10.1 Å². The van der Waals surface area contributed by atoms with Gasteiger partial charge in [0.05, 0.1) is 6.54 Å². The van der Waals surface area contributed by atoms with Gasteiger partial charge in [0.25, 0.3) is 0 Å². The van der Waals surface area contributed by atoms with Crippen LogP contribution in [0.2, 0.25) is 5.02 Å². The summed E-state index contributed by atoms with van der Waals surface area (Å²) in [6.45, 7) is 4.45. The van der Waals surface area contributed by atoms with Crippen molar-refractivity contribution in [2.24, 2.45) is 5.92 Å². The number of benzene rings is 2. The average molecular weight is 376 g/mol. The molecule has 0 saturated carbocycles. The summed E-state index contributed by atoms with van der Waals surface area (Å²) < 4.78 is 30.0. The predicted octanol–water partition coefficient (Wildman–Crippen LogP) is 5.05. The first-order chi connectivity index (χ1) is 12.4. The molecule has 3 nitrogen and oxygen atoms in total. The van der Waals surface area contributed by atoms with Crippen LogP contribution in [0.5, 0.6) is 0 Å². The molecule has 6 heteroatoms. The van der Waals surface area contributed by atoms with Gasteiger partial charge in [0, 0.05) is 16.5 Å². The number of halogens is 3. The van der Waals surface area contributed by atoms with E-state index in [0.717, 1.165) is 11.6 Å². The Morgan fingerprint density at radius 2 is 1.92 bits per heavy atom. The number of hydrogen-bond acceptors (Lipinski definition) is 2. The van der Waals surface area contributed by atoms with Gasteiger partial charge in [-0.3, -0.25) is 4.68 Å². The molecule has 0 fully saturated rings. The highest BCUT2D eigenvalue weighted by Crippen LogP contribution is 2.40. The molecule has 1 heterocycles. The summed E-state index contributed by atoms with van der Waals surface area (Å²) in [5, 5.41) is 4.82. The van der Waals surface area contributed by atoms with Crippen molar-refractivity contribution in [1.82, 2.24) is 14.8 Å². The van der Waals surface area contributed by atoms with Crippen LogP contribution in [-0.2, 0) is 18.4 Å². The zero-order valence-corrected chi connectivity index (χ0v) is 15.4. The Morgan fingerprint density at radius 1 is 1.15 bits per heavy atom. The van der Waals surface area contributed by atoms with E-state index in [1.807, 2.05) is 38.1 Å². The van der Waals surface area contributed by atoms with Crippen LogP contribution in [0.3, 0.4) is 0 Å². The van der Waals surface area contributed by atoms with Gasteiger partial charge in [0.15, 0.2) is 0 Å². The zero-order valence-electron chi connectivity index (χ0n) is 14.7. The molecular weight excluding hydrogens is 356 g/mol. The lowest BCUT2D eigenvalue weighted by Crippen LogP contribution is -2.40. The van der Waals surface area contributed by atoms with E-state index < -0.39 is 17.0 Å². The molecule has 1 aromatic heterocycles. The molecule has 3 aromatic rings. The Hall–Kier alpha value is -2.27. The molecule has 0 radical (unpaired) electrons. The minimum atomic E-state index is -0.670. The summed E-state index contributed by atoms with van der Waals surface area (Å²) in [5.74, 6) is -1.13. The number of aromatic nitrogens is 3. The first kappa shape index (κ1) is 18.5. The van der Waals surface area contributed by atoms with Crippen molar-refractivity contribution in [3.8, 4) is 0 Å². The van der Waals surface area contributed by atoms with Crippen LogP contribution in [-0.4, -0.2) is 14.8 Å². The third-order valence-corrected chi connectivity index (χ3v) is 5.32. The maximum Gasteiger partial charge on any atom is 0.137 e. The van der Waals surface area contributed by atoms with Crippen LogP contribution in [0.4, 0.5) is 8.78 Å². The van der Waals surface area contributed by atoms with Crippen molar-refractivity contribution >= 4 is 11.6 Å². The highest BCUT2D eigenvalue weighted by atomic mass is 35.5. The SMILES string of the molecule is CC(C)[C@@](Cc1ccccc1Cl)(Cn1cncn1)c1ccc(F)cc1F. The van der Waals surface area contributed by atoms with Crippen LogP contribution >= 0.6 is 11.6 Å². The minimum Gasteiger partial charge on any atom is -0.252 e. The van der Waals surface area contributed by atoms with Gasteiger partial charge < -0.3 is 0 Å². The fourth-order valence-electron chi connectivity index (χ4n) is 3.41. The molecule has 0 aliphatic rings. The molecule has 1 atom stereocenters. The molecule has 0 N–H and O–H groups in total. The average Bonchev–Trinajstić information content (AvgIpc) is 3.09. The summed E-state index contributed by atoms with van der Waals surface area (Å²) >= 11 is 6.38. The van der Waals surface area contributed by atoms with Gasteiger partial charge in [0.2, 0.25) is 0 Å². The van der Waals surface area contributed by atoms with Crippen molar-refractivity contribution in [2.75, 3.05) is 0 Å². The Morgan fingerprint density at radius 3 is 2.54 bits per heavy atom. The molecule has 2 aromatic carbocycles. The Balaban J connectivity index is 2.16. The third-order valence-electron chi connectivity index (χ3n) is 4.95. The summed E-state index contributed by atoms with van der Waals surface area (Å²) in [7, 11) is 0. The summed E-state index contributed by atoms with van der Waals surface area (Å²) in [6.07, 6.45) is 3.54. The lowest BCUT2D eigenvalue weighted by molar-refractivity contribution is 0.241. The van der Waals surface area contributed by atoms with Gasteiger partial charge in [0.1, 0.15) is 24.3 Å². The van der Waals surface area contributed by atoms with Crippen molar-refractivity contribution < 1.29 is 8.78 Å². The molecule has 0 amide bonds. The van der Waals surface area contributed by atoms with E-state index in [9.17, 15) is 8.78 Å². The van der Waals surface area contributed by atoms with Gasteiger partial charge >= 0.3 is 0 Å². The fraction of sp³-hybridized carbons (Fsp3) is 0.300. The third kappa shape index (κ3) is 3.63. The molecule has 0 bridgehead atoms. The molecule has 0 saturated heterocycles. The Labute approximate surface area is 156 Å². The van der Waals surface area contributed by atoms with Crippen LogP contribution in [0.1, 0.15) is 25.0 Å². The standard InChI is InChI=1S/C20H20ClF2N3/c1-14(2)20(11-26-13-24-12-25-26,10-15-5-3-4-6-18(15)21)17-8-7-16(22)9-19(17)23/h3-9,12-14H,10-11H2,1-2H3/t20-/m1/s1. The summed E-state index contributed by atoms with van der Waals surface area (Å²) in [6, 6.07) is 11.3. The monoisotopic (exact) mass is 375 g/mol. The second-order valence-corrected chi connectivity index (χ2v) is 7.20. The van der Waals surface area contributed by atoms with E-state index in [-0.39, 0.29) is 5.92 Å². The number of nitrogens with zero attached hydrogens (tertiary/aromatic N) is 3. The molecule has 0 spiro atoms. The van der Waals surface area contributed by atoms with Crippen LogP contribution in [0.25, 0.3) is 0 Å². The second-order valence-electron chi connectivity index (χ2n) is 6.80. The van der Waals surface area contributed by atoms with Crippen molar-refractivity contribution in [3.05, 3.63) is 82.9 Å². The maximum atomic E-state index is 14.8. The number of rotatable bonds is 6. The highest BCUT2D eigenvalue weighted by Gasteiger charge is 2.39. The minimum absolute atomic E-state index is 0.0305. The second kappa shape index (κ2) is 7.54. The zero-order chi connectivity index (χ0) is 18.7. The fourth-order valence-corrected chi connectivity index (χ4v) is 3.61. The highest BCUT2D eigenvalue weighted by molar-refractivity contribution is 6.31. The largest absolute Gasteiger partial charge is 0.252 e. The Bertz CT molecular complexity index is 881. The van der Waals surface area contributed by atoms with Crippen LogP contribution in [0.15, 0.2) is 55.1 Å². The maximum absolute atomic E-state index is 14.8. The van der Waals surface area contributed by atoms with E-state index in [1.54, 1.807) is 11.0 Å². The van der Waals surface area contributed by atoms with Crippen LogP contribution < -0.4 is 0 Å². The van der Waals surface area contributed by atoms with Crippen LogP contribution in [0, 0.1) is 17.6 Å². The normalized spacial score (nSPS) is 13.8. The van der Waals surface area contributed by atoms with Gasteiger partial charge in [-0.2, -0.15) is 5.10 Å². The van der Waals surface area contributed by atoms with Gasteiger partial charge in [-0.05, 0) is 35.6 Å². The summed E-state index contributed by atoms with van der Waals surface area (Å²) in [5.41, 5.74) is 0.687. The molecule has 0 unspecified atom stereocenters. The summed E-state index contributed by atoms with van der Waals surface area (Å²) in [4.78, 5) is 3.99. The lowest BCUT2D eigenvalue weighted by atomic mass is 9.67. The van der Waals surface area contributed by atoms with E-state index in [0.29, 0.717) is 23.6 Å². The molecule has 136 valence electrons. The van der Waals surface area contributed by atoms with Gasteiger partial charge in [-0.25, -0.2) is 13.8 Å². The molecule has 0 aliphatic carbocycles. The van der Waals surface area contributed by atoms with Crippen molar-refractivity contribution in [1.29, 1.82) is 0 Å².